The van der Waals surface area contributed by atoms with Crippen LogP contribution in [-0.4, -0.2) is 12.6 Å². The van der Waals surface area contributed by atoms with E-state index in [0.29, 0.717) is 11.5 Å². The minimum atomic E-state index is 0.444. The van der Waals surface area contributed by atoms with Crippen molar-refractivity contribution in [1.82, 2.24) is 5.32 Å². The summed E-state index contributed by atoms with van der Waals surface area (Å²) in [4.78, 5) is 1.65. The Morgan fingerprint density at radius 2 is 2.21 bits per heavy atom. The molecule has 2 rings (SSSR count). The van der Waals surface area contributed by atoms with Gasteiger partial charge in [-0.2, -0.15) is 0 Å². The number of nitrogens with one attached hydrogen (secondary N) is 1. The molecule has 1 nitrogen and oxygen atoms in total. The van der Waals surface area contributed by atoms with Crippen molar-refractivity contribution in [2.75, 3.05) is 6.54 Å². The Hall–Kier alpha value is -0.340. The lowest BCUT2D eigenvalue weighted by Gasteiger charge is -2.33. The summed E-state index contributed by atoms with van der Waals surface area (Å²) in [7, 11) is 0. The zero-order valence-corrected chi connectivity index (χ0v) is 13.8. The molecule has 0 saturated heterocycles. The van der Waals surface area contributed by atoms with E-state index in [9.17, 15) is 0 Å². The molecule has 0 aliphatic heterocycles. The molecule has 0 spiro atoms. The first-order chi connectivity index (χ1) is 9.01. The number of rotatable bonds is 5. The lowest BCUT2D eigenvalue weighted by atomic mass is 9.78. The van der Waals surface area contributed by atoms with Gasteiger partial charge in [0.2, 0.25) is 0 Å². The fourth-order valence-electron chi connectivity index (χ4n) is 3.24. The van der Waals surface area contributed by atoms with Crippen molar-refractivity contribution < 1.29 is 0 Å². The fourth-order valence-corrected chi connectivity index (χ4v) is 4.23. The number of hydrogen-bond donors (Lipinski definition) is 1. The van der Waals surface area contributed by atoms with E-state index in [4.69, 9.17) is 0 Å². The minimum absolute atomic E-state index is 0.444. The quantitative estimate of drug-likeness (QED) is 0.802. The summed E-state index contributed by atoms with van der Waals surface area (Å²) >= 11 is 1.96. The van der Waals surface area contributed by atoms with Gasteiger partial charge in [0, 0.05) is 16.8 Å². The molecule has 1 N–H and O–H groups in total. The molecule has 0 saturated carbocycles. The van der Waals surface area contributed by atoms with Gasteiger partial charge in [-0.05, 0) is 61.1 Å². The van der Waals surface area contributed by atoms with Gasteiger partial charge in [-0.25, -0.2) is 0 Å². The van der Waals surface area contributed by atoms with E-state index in [1.807, 2.05) is 11.3 Å². The van der Waals surface area contributed by atoms with Crippen LogP contribution in [0.25, 0.3) is 0 Å². The molecule has 1 heterocycles. The maximum atomic E-state index is 3.76. The molecule has 1 aliphatic carbocycles. The van der Waals surface area contributed by atoms with Crippen LogP contribution in [0, 0.1) is 5.41 Å². The Kier molecular flexibility index (Phi) is 5.08. The molecule has 19 heavy (non-hydrogen) atoms. The zero-order valence-electron chi connectivity index (χ0n) is 13.0. The minimum Gasteiger partial charge on any atom is -0.314 e. The third kappa shape index (κ3) is 4.06. The van der Waals surface area contributed by atoms with E-state index in [2.05, 4.69) is 44.5 Å². The van der Waals surface area contributed by atoms with Crippen LogP contribution in [0.5, 0.6) is 0 Å². The molecule has 0 fully saturated rings. The average Bonchev–Trinajstić information content (AvgIpc) is 2.81. The first kappa shape index (κ1) is 15.1. The van der Waals surface area contributed by atoms with Crippen molar-refractivity contribution >= 4 is 11.3 Å². The summed E-state index contributed by atoms with van der Waals surface area (Å²) in [5.41, 5.74) is 2.09. The molecular formula is C17H29NS. The molecule has 108 valence electrons. The van der Waals surface area contributed by atoms with E-state index >= 15 is 0 Å². The Morgan fingerprint density at radius 3 is 2.89 bits per heavy atom. The second-order valence-electron chi connectivity index (χ2n) is 7.06. The second kappa shape index (κ2) is 6.41. The maximum Gasteiger partial charge on any atom is 0.0136 e. The first-order valence-corrected chi connectivity index (χ1v) is 8.69. The summed E-state index contributed by atoms with van der Waals surface area (Å²) in [6.07, 6.45) is 6.65. The predicted octanol–water partition coefficient (Wildman–Crippen LogP) is 4.97. The molecule has 0 aromatic carbocycles. The second-order valence-corrected chi connectivity index (χ2v) is 8.06. The molecule has 0 radical (unpaired) electrons. The van der Waals surface area contributed by atoms with Crippen LogP contribution in [0.2, 0.25) is 0 Å². The topological polar surface area (TPSA) is 12.0 Å². The van der Waals surface area contributed by atoms with Gasteiger partial charge in [0.25, 0.3) is 0 Å². The Bertz CT molecular complexity index is 388. The van der Waals surface area contributed by atoms with Crippen LogP contribution in [0.15, 0.2) is 11.4 Å². The van der Waals surface area contributed by atoms with Gasteiger partial charge in [0.15, 0.2) is 0 Å². The standard InChI is InChI=1S/C17H29NS/c1-5-18-15(9-11-17(2,3)4)13-7-6-8-16-14(13)10-12-19-16/h10,12-13,15,18H,5-9,11H2,1-4H3. The Morgan fingerprint density at radius 1 is 1.42 bits per heavy atom. The first-order valence-electron chi connectivity index (χ1n) is 7.81. The van der Waals surface area contributed by atoms with Crippen LogP contribution in [0.1, 0.15) is 69.7 Å². The van der Waals surface area contributed by atoms with Crippen molar-refractivity contribution in [2.24, 2.45) is 5.41 Å². The van der Waals surface area contributed by atoms with Crippen molar-refractivity contribution in [3.05, 3.63) is 21.9 Å². The predicted molar refractivity (Wildman–Crippen MR) is 86.2 cm³/mol. The number of hydrogen-bond acceptors (Lipinski definition) is 2. The van der Waals surface area contributed by atoms with Crippen molar-refractivity contribution in [3.8, 4) is 0 Å². The summed E-state index contributed by atoms with van der Waals surface area (Å²) in [5.74, 6) is 0.747. The van der Waals surface area contributed by atoms with Crippen LogP contribution >= 0.6 is 11.3 Å². The summed E-state index contributed by atoms with van der Waals surface area (Å²) < 4.78 is 0. The largest absolute Gasteiger partial charge is 0.314 e. The van der Waals surface area contributed by atoms with E-state index in [1.165, 1.54) is 32.1 Å². The van der Waals surface area contributed by atoms with Gasteiger partial charge in [0.05, 0.1) is 0 Å². The van der Waals surface area contributed by atoms with Gasteiger partial charge in [-0.15, -0.1) is 11.3 Å². The monoisotopic (exact) mass is 279 g/mol. The van der Waals surface area contributed by atoms with E-state index < -0.39 is 0 Å². The van der Waals surface area contributed by atoms with Gasteiger partial charge < -0.3 is 5.32 Å². The van der Waals surface area contributed by atoms with Crippen LogP contribution in [0.4, 0.5) is 0 Å². The Balaban J connectivity index is 2.08. The van der Waals surface area contributed by atoms with Crippen molar-refractivity contribution in [2.45, 2.75) is 71.8 Å². The van der Waals surface area contributed by atoms with Crippen LogP contribution in [0.3, 0.4) is 0 Å². The number of thiophene rings is 1. The maximum absolute atomic E-state index is 3.76. The molecule has 1 aromatic heterocycles. The van der Waals surface area contributed by atoms with E-state index in [-0.39, 0.29) is 0 Å². The highest BCUT2D eigenvalue weighted by molar-refractivity contribution is 7.10. The average molecular weight is 279 g/mol. The number of aryl methyl sites for hydroxylation is 1. The molecule has 1 aromatic rings. The zero-order chi connectivity index (χ0) is 13.9. The van der Waals surface area contributed by atoms with Crippen LogP contribution in [-0.2, 0) is 6.42 Å². The van der Waals surface area contributed by atoms with Gasteiger partial charge in [-0.3, -0.25) is 0 Å². The van der Waals surface area contributed by atoms with E-state index in [1.54, 1.807) is 10.4 Å². The third-order valence-electron chi connectivity index (χ3n) is 4.26. The SMILES string of the molecule is CCNC(CCC(C)(C)C)C1CCCc2sccc21. The highest BCUT2D eigenvalue weighted by atomic mass is 32.1. The lowest BCUT2D eigenvalue weighted by Crippen LogP contribution is -2.36. The number of likely N-dealkylation sites (N-methyl/N-ethyl adjacent to an activating group) is 1. The molecular weight excluding hydrogens is 250 g/mol. The Labute approximate surface area is 122 Å². The molecule has 2 atom stereocenters. The summed E-state index contributed by atoms with van der Waals surface area (Å²) in [6.45, 7) is 10.4. The lowest BCUT2D eigenvalue weighted by molar-refractivity contribution is 0.300. The van der Waals surface area contributed by atoms with E-state index in [0.717, 1.165) is 12.5 Å². The summed E-state index contributed by atoms with van der Waals surface area (Å²) in [5, 5.41) is 6.05. The normalized spacial score (nSPS) is 21.2. The van der Waals surface area contributed by atoms with Gasteiger partial charge >= 0.3 is 0 Å². The molecule has 0 amide bonds. The van der Waals surface area contributed by atoms with Crippen molar-refractivity contribution in [1.29, 1.82) is 0 Å². The molecule has 2 heteroatoms. The highest BCUT2D eigenvalue weighted by Gasteiger charge is 2.28. The van der Waals surface area contributed by atoms with Crippen LogP contribution < -0.4 is 5.32 Å². The molecule has 0 bridgehead atoms. The number of fused-ring (bicyclic) bond motifs is 1. The van der Waals surface area contributed by atoms with Gasteiger partial charge in [-0.1, -0.05) is 27.7 Å². The smallest absolute Gasteiger partial charge is 0.0136 e. The van der Waals surface area contributed by atoms with Crippen molar-refractivity contribution in [3.63, 3.8) is 0 Å². The van der Waals surface area contributed by atoms with Gasteiger partial charge in [0.1, 0.15) is 0 Å². The third-order valence-corrected chi connectivity index (χ3v) is 5.25. The molecule has 1 aliphatic rings. The highest BCUT2D eigenvalue weighted by Crippen LogP contribution is 2.39. The molecule has 2 unspecified atom stereocenters. The fraction of sp³-hybridized carbons (Fsp3) is 0.765. The summed E-state index contributed by atoms with van der Waals surface area (Å²) in [6, 6.07) is 3.04.